The van der Waals surface area contributed by atoms with Crippen molar-refractivity contribution in [2.24, 2.45) is 0 Å². The Hall–Kier alpha value is -1.07. The van der Waals surface area contributed by atoms with Crippen molar-refractivity contribution in [2.75, 3.05) is 12.4 Å². The second-order valence-corrected chi connectivity index (χ2v) is 5.05. The molecule has 16 heavy (non-hydrogen) atoms. The molecule has 1 aromatic carbocycles. The summed E-state index contributed by atoms with van der Waals surface area (Å²) in [6, 6.07) is 5.89. The highest BCUT2D eigenvalue weighted by Crippen LogP contribution is 2.24. The van der Waals surface area contributed by atoms with Gasteiger partial charge in [0.15, 0.2) is 0 Å². The van der Waals surface area contributed by atoms with E-state index in [9.17, 15) is 0 Å². The van der Waals surface area contributed by atoms with Crippen molar-refractivity contribution in [3.05, 3.63) is 39.3 Å². The minimum atomic E-state index is 0.733. The number of methoxy groups -OCH3 is 1. The van der Waals surface area contributed by atoms with E-state index in [1.54, 1.807) is 18.4 Å². The number of anilines is 1. The summed E-state index contributed by atoms with van der Waals surface area (Å²) >= 11 is 5.08. The topological polar surface area (TPSA) is 34.1 Å². The van der Waals surface area contributed by atoms with Gasteiger partial charge in [0.1, 0.15) is 10.8 Å². The zero-order valence-electron chi connectivity index (χ0n) is 8.74. The van der Waals surface area contributed by atoms with Crippen LogP contribution in [0.4, 0.5) is 5.69 Å². The van der Waals surface area contributed by atoms with Crippen LogP contribution in [0, 0.1) is 0 Å². The highest BCUT2D eigenvalue weighted by atomic mass is 79.9. The normalized spacial score (nSPS) is 10.1. The molecule has 84 valence electrons. The molecule has 5 heteroatoms. The van der Waals surface area contributed by atoms with Crippen molar-refractivity contribution in [2.45, 2.75) is 6.54 Å². The molecule has 2 rings (SSSR count). The van der Waals surface area contributed by atoms with Crippen LogP contribution in [0.15, 0.2) is 34.2 Å². The Balaban J connectivity index is 2.06. The first-order valence-corrected chi connectivity index (χ1v) is 6.42. The highest BCUT2D eigenvalue weighted by Gasteiger charge is 2.00. The monoisotopic (exact) mass is 298 g/mol. The van der Waals surface area contributed by atoms with E-state index < -0.39 is 0 Å². The Labute approximate surface area is 107 Å². The average Bonchev–Trinajstić information content (AvgIpc) is 2.78. The van der Waals surface area contributed by atoms with Gasteiger partial charge in [0.2, 0.25) is 0 Å². The van der Waals surface area contributed by atoms with Crippen molar-refractivity contribution < 1.29 is 4.74 Å². The molecular weight excluding hydrogens is 288 g/mol. The van der Waals surface area contributed by atoms with Gasteiger partial charge in [-0.1, -0.05) is 15.9 Å². The number of nitrogens with one attached hydrogen (secondary N) is 1. The van der Waals surface area contributed by atoms with Crippen LogP contribution in [-0.2, 0) is 6.54 Å². The standard InChI is InChI=1S/C11H11BrN2OS/c1-15-10-5-8(12)4-9(6-10)14-7-11-13-2-3-16-11/h2-6,14H,7H2,1H3. The van der Waals surface area contributed by atoms with Crippen LogP contribution in [-0.4, -0.2) is 12.1 Å². The summed E-state index contributed by atoms with van der Waals surface area (Å²) in [5, 5.41) is 6.34. The Morgan fingerprint density at radius 2 is 2.31 bits per heavy atom. The van der Waals surface area contributed by atoms with Crippen LogP contribution in [0.5, 0.6) is 5.75 Å². The lowest BCUT2D eigenvalue weighted by Crippen LogP contribution is -1.99. The summed E-state index contributed by atoms with van der Waals surface area (Å²) in [7, 11) is 1.66. The van der Waals surface area contributed by atoms with E-state index in [0.29, 0.717) is 0 Å². The molecule has 1 N–H and O–H groups in total. The lowest BCUT2D eigenvalue weighted by molar-refractivity contribution is 0.414. The van der Waals surface area contributed by atoms with Gasteiger partial charge in [-0.3, -0.25) is 0 Å². The van der Waals surface area contributed by atoms with Gasteiger partial charge in [0.25, 0.3) is 0 Å². The van der Waals surface area contributed by atoms with Crippen molar-refractivity contribution in [1.82, 2.24) is 4.98 Å². The summed E-state index contributed by atoms with van der Waals surface area (Å²) in [5.41, 5.74) is 1.02. The third kappa shape index (κ3) is 2.96. The molecule has 0 saturated heterocycles. The molecule has 2 aromatic rings. The molecule has 3 nitrogen and oxygen atoms in total. The maximum absolute atomic E-state index is 5.19. The first-order valence-electron chi connectivity index (χ1n) is 4.75. The van der Waals surface area contributed by atoms with Crippen LogP contribution in [0.25, 0.3) is 0 Å². The van der Waals surface area contributed by atoms with Crippen LogP contribution < -0.4 is 10.1 Å². The predicted octanol–water partition coefficient (Wildman–Crippen LogP) is 3.53. The van der Waals surface area contributed by atoms with E-state index in [2.05, 4.69) is 26.2 Å². The molecule has 0 spiro atoms. The molecule has 0 aliphatic carbocycles. The zero-order chi connectivity index (χ0) is 11.4. The predicted molar refractivity (Wildman–Crippen MR) is 70.1 cm³/mol. The zero-order valence-corrected chi connectivity index (χ0v) is 11.1. The molecule has 1 heterocycles. The number of rotatable bonds is 4. The Bertz CT molecular complexity index is 459. The van der Waals surface area contributed by atoms with Gasteiger partial charge in [0, 0.05) is 27.8 Å². The molecule has 0 fully saturated rings. The third-order valence-electron chi connectivity index (χ3n) is 2.03. The van der Waals surface area contributed by atoms with Gasteiger partial charge in [-0.05, 0) is 12.1 Å². The minimum Gasteiger partial charge on any atom is -0.497 e. The number of hydrogen-bond donors (Lipinski definition) is 1. The molecule has 0 aliphatic rings. The van der Waals surface area contributed by atoms with E-state index in [1.807, 2.05) is 29.8 Å². The van der Waals surface area contributed by atoms with Crippen molar-refractivity contribution in [1.29, 1.82) is 0 Å². The van der Waals surface area contributed by atoms with E-state index in [4.69, 9.17) is 4.74 Å². The van der Waals surface area contributed by atoms with Gasteiger partial charge in [-0.25, -0.2) is 4.98 Å². The second kappa shape index (κ2) is 5.32. The van der Waals surface area contributed by atoms with Crippen molar-refractivity contribution in [3.8, 4) is 5.75 Å². The molecule has 1 aromatic heterocycles. The smallest absolute Gasteiger partial charge is 0.122 e. The molecule has 0 aliphatic heterocycles. The van der Waals surface area contributed by atoms with Gasteiger partial charge < -0.3 is 10.1 Å². The Kier molecular flexibility index (Phi) is 3.79. The second-order valence-electron chi connectivity index (χ2n) is 3.16. The first-order chi connectivity index (χ1) is 7.78. The SMILES string of the molecule is COc1cc(Br)cc(NCc2nccs2)c1. The summed E-state index contributed by atoms with van der Waals surface area (Å²) < 4.78 is 6.18. The fourth-order valence-electron chi connectivity index (χ4n) is 1.30. The number of hydrogen-bond acceptors (Lipinski definition) is 4. The fraction of sp³-hybridized carbons (Fsp3) is 0.182. The fourth-order valence-corrected chi connectivity index (χ4v) is 2.33. The number of halogens is 1. The lowest BCUT2D eigenvalue weighted by atomic mass is 10.3. The number of benzene rings is 1. The quantitative estimate of drug-likeness (QED) is 0.938. The largest absolute Gasteiger partial charge is 0.497 e. The summed E-state index contributed by atoms with van der Waals surface area (Å²) in [4.78, 5) is 4.21. The summed E-state index contributed by atoms with van der Waals surface area (Å²) in [5.74, 6) is 0.830. The molecule has 0 saturated carbocycles. The van der Waals surface area contributed by atoms with Crippen molar-refractivity contribution in [3.63, 3.8) is 0 Å². The number of thiazole rings is 1. The molecular formula is C11H11BrN2OS. The number of nitrogens with zero attached hydrogens (tertiary/aromatic N) is 1. The van der Waals surface area contributed by atoms with E-state index >= 15 is 0 Å². The van der Waals surface area contributed by atoms with Gasteiger partial charge in [-0.2, -0.15) is 0 Å². The van der Waals surface area contributed by atoms with Crippen LogP contribution in [0.1, 0.15) is 5.01 Å². The van der Waals surface area contributed by atoms with E-state index in [0.717, 1.165) is 27.5 Å². The number of ether oxygens (including phenoxy) is 1. The van der Waals surface area contributed by atoms with Gasteiger partial charge >= 0.3 is 0 Å². The molecule has 0 unspecified atom stereocenters. The maximum atomic E-state index is 5.19. The van der Waals surface area contributed by atoms with Crippen LogP contribution >= 0.6 is 27.3 Å². The first kappa shape index (κ1) is 11.4. The highest BCUT2D eigenvalue weighted by molar-refractivity contribution is 9.10. The lowest BCUT2D eigenvalue weighted by Gasteiger charge is -2.07. The van der Waals surface area contributed by atoms with Gasteiger partial charge in [-0.15, -0.1) is 11.3 Å². The Morgan fingerprint density at radius 1 is 1.44 bits per heavy atom. The average molecular weight is 299 g/mol. The van der Waals surface area contributed by atoms with Crippen LogP contribution in [0.2, 0.25) is 0 Å². The van der Waals surface area contributed by atoms with E-state index in [-0.39, 0.29) is 0 Å². The molecule has 0 atom stereocenters. The Morgan fingerprint density at radius 3 is 3.00 bits per heavy atom. The van der Waals surface area contributed by atoms with E-state index in [1.165, 1.54) is 0 Å². The van der Waals surface area contributed by atoms with Gasteiger partial charge in [0.05, 0.1) is 13.7 Å². The molecule has 0 bridgehead atoms. The molecule has 0 radical (unpaired) electrons. The third-order valence-corrected chi connectivity index (χ3v) is 3.27. The van der Waals surface area contributed by atoms with Crippen molar-refractivity contribution >= 4 is 33.0 Å². The molecule has 0 amide bonds. The minimum absolute atomic E-state index is 0.733. The maximum Gasteiger partial charge on any atom is 0.122 e. The number of aromatic nitrogens is 1. The summed E-state index contributed by atoms with van der Waals surface area (Å²) in [6.07, 6.45) is 1.81. The summed E-state index contributed by atoms with van der Waals surface area (Å²) in [6.45, 7) is 0.733. The van der Waals surface area contributed by atoms with Crippen LogP contribution in [0.3, 0.4) is 0 Å².